The Balaban J connectivity index is 2.05. The van der Waals surface area contributed by atoms with E-state index < -0.39 is 11.5 Å². The van der Waals surface area contributed by atoms with Gasteiger partial charge < -0.3 is 5.11 Å². The number of aliphatic carboxylic acids is 1. The molecule has 0 amide bonds. The summed E-state index contributed by atoms with van der Waals surface area (Å²) in [7, 11) is 0. The molecule has 16 heavy (non-hydrogen) atoms. The molecule has 1 aromatic carbocycles. The molecule has 1 aliphatic carbocycles. The number of benzene rings is 1. The van der Waals surface area contributed by atoms with Crippen molar-refractivity contribution in [3.05, 3.63) is 35.1 Å². The fourth-order valence-electron chi connectivity index (χ4n) is 1.69. The van der Waals surface area contributed by atoms with Crippen molar-refractivity contribution in [1.29, 1.82) is 0 Å². The number of nitrogens with one attached hydrogen (secondary N) is 1. The summed E-state index contributed by atoms with van der Waals surface area (Å²) >= 11 is 0. The third-order valence-electron chi connectivity index (χ3n) is 3.09. The van der Waals surface area contributed by atoms with Gasteiger partial charge in [0.1, 0.15) is 11.4 Å². The van der Waals surface area contributed by atoms with E-state index in [1.54, 1.807) is 6.07 Å². The van der Waals surface area contributed by atoms with E-state index in [2.05, 4.69) is 5.32 Å². The van der Waals surface area contributed by atoms with Crippen molar-refractivity contribution in [2.24, 2.45) is 0 Å². The molecule has 0 atom stereocenters. The minimum atomic E-state index is -0.818. The number of halogens is 1. The van der Waals surface area contributed by atoms with Gasteiger partial charge in [-0.1, -0.05) is 6.07 Å². The van der Waals surface area contributed by atoms with Crippen molar-refractivity contribution < 1.29 is 14.3 Å². The van der Waals surface area contributed by atoms with Crippen molar-refractivity contribution >= 4 is 5.97 Å². The molecule has 0 heterocycles. The predicted molar refractivity (Wildman–Crippen MR) is 57.6 cm³/mol. The summed E-state index contributed by atoms with van der Waals surface area (Å²) in [6, 6.07) is 4.55. The second-order valence-electron chi connectivity index (χ2n) is 4.31. The third kappa shape index (κ3) is 2.07. The van der Waals surface area contributed by atoms with E-state index in [0.717, 1.165) is 11.1 Å². The number of hydrogen-bond donors (Lipinski definition) is 2. The molecule has 1 aromatic rings. The van der Waals surface area contributed by atoms with Crippen LogP contribution in [0.25, 0.3) is 0 Å². The molecule has 1 fully saturated rings. The third-order valence-corrected chi connectivity index (χ3v) is 3.09. The van der Waals surface area contributed by atoms with Gasteiger partial charge in [0.2, 0.25) is 0 Å². The highest BCUT2D eigenvalue weighted by molar-refractivity contribution is 5.82. The molecule has 1 aliphatic rings. The number of carboxylic acids is 1. The van der Waals surface area contributed by atoms with Crippen LogP contribution in [-0.2, 0) is 11.3 Å². The number of aryl methyl sites for hydroxylation is 1. The molecule has 0 bridgehead atoms. The lowest BCUT2D eigenvalue weighted by molar-refractivity contribution is -0.140. The zero-order valence-electron chi connectivity index (χ0n) is 9.09. The van der Waals surface area contributed by atoms with E-state index in [9.17, 15) is 9.18 Å². The molecule has 0 saturated heterocycles. The standard InChI is InChI=1S/C12H14FNO2/c1-8-2-3-10(13)6-9(8)7-14-12(4-5-12)11(15)16/h2-3,6,14H,4-5,7H2,1H3,(H,15,16). The normalized spacial score (nSPS) is 17.1. The Hall–Kier alpha value is -1.42. The van der Waals surface area contributed by atoms with Gasteiger partial charge in [0, 0.05) is 6.54 Å². The van der Waals surface area contributed by atoms with Crippen molar-refractivity contribution in [2.75, 3.05) is 0 Å². The largest absolute Gasteiger partial charge is 0.480 e. The van der Waals surface area contributed by atoms with E-state index in [1.807, 2.05) is 6.92 Å². The lowest BCUT2D eigenvalue weighted by Crippen LogP contribution is -2.38. The molecule has 2 N–H and O–H groups in total. The summed E-state index contributed by atoms with van der Waals surface area (Å²) in [5, 5.41) is 12.0. The lowest BCUT2D eigenvalue weighted by atomic mass is 10.1. The zero-order valence-corrected chi connectivity index (χ0v) is 9.09. The summed E-state index contributed by atoms with van der Waals surface area (Å²) < 4.78 is 13.0. The number of carboxylic acid groups (broad SMARTS) is 1. The van der Waals surface area contributed by atoms with Crippen molar-refractivity contribution in [3.63, 3.8) is 0 Å². The van der Waals surface area contributed by atoms with Gasteiger partial charge in [-0.25, -0.2) is 4.39 Å². The van der Waals surface area contributed by atoms with Crippen LogP contribution in [0.1, 0.15) is 24.0 Å². The van der Waals surface area contributed by atoms with Gasteiger partial charge in [-0.15, -0.1) is 0 Å². The van der Waals surface area contributed by atoms with Crippen molar-refractivity contribution in [2.45, 2.75) is 31.8 Å². The van der Waals surface area contributed by atoms with Gasteiger partial charge in [-0.3, -0.25) is 10.1 Å². The van der Waals surface area contributed by atoms with Gasteiger partial charge >= 0.3 is 5.97 Å². The van der Waals surface area contributed by atoms with Gasteiger partial charge in [-0.05, 0) is 43.0 Å². The first-order chi connectivity index (χ1) is 7.53. The molecule has 1 saturated carbocycles. The van der Waals surface area contributed by atoms with Crippen LogP contribution in [-0.4, -0.2) is 16.6 Å². The monoisotopic (exact) mass is 223 g/mol. The van der Waals surface area contributed by atoms with Gasteiger partial charge in [0.25, 0.3) is 0 Å². The summed E-state index contributed by atoms with van der Waals surface area (Å²) in [5.41, 5.74) is 1.02. The minimum Gasteiger partial charge on any atom is -0.480 e. The Morgan fingerprint density at radius 3 is 2.81 bits per heavy atom. The Morgan fingerprint density at radius 1 is 1.56 bits per heavy atom. The quantitative estimate of drug-likeness (QED) is 0.818. The second-order valence-corrected chi connectivity index (χ2v) is 4.31. The smallest absolute Gasteiger partial charge is 0.323 e. The van der Waals surface area contributed by atoms with Crippen molar-refractivity contribution in [1.82, 2.24) is 5.32 Å². The van der Waals surface area contributed by atoms with Crippen LogP contribution >= 0.6 is 0 Å². The molecule has 0 aliphatic heterocycles. The molecule has 86 valence electrons. The average molecular weight is 223 g/mol. The fraction of sp³-hybridized carbons (Fsp3) is 0.417. The van der Waals surface area contributed by atoms with E-state index in [4.69, 9.17) is 5.11 Å². The predicted octanol–water partition coefficient (Wildman–Crippen LogP) is 1.84. The molecule has 0 unspecified atom stereocenters. The Bertz CT molecular complexity index is 427. The highest BCUT2D eigenvalue weighted by Crippen LogP contribution is 2.35. The molecule has 4 heteroatoms. The van der Waals surface area contributed by atoms with Crippen molar-refractivity contribution in [3.8, 4) is 0 Å². The fourth-order valence-corrected chi connectivity index (χ4v) is 1.69. The maximum absolute atomic E-state index is 13.0. The summed E-state index contributed by atoms with van der Waals surface area (Å²) in [6.45, 7) is 2.28. The SMILES string of the molecule is Cc1ccc(F)cc1CNC1(C(=O)O)CC1. The maximum atomic E-state index is 13.0. The van der Waals surface area contributed by atoms with Gasteiger partial charge in [0.15, 0.2) is 0 Å². The van der Waals surface area contributed by atoms with Crippen LogP contribution in [0.5, 0.6) is 0 Å². The molecule has 0 aromatic heterocycles. The molecule has 0 radical (unpaired) electrons. The van der Waals surface area contributed by atoms with E-state index in [0.29, 0.717) is 19.4 Å². The lowest BCUT2D eigenvalue weighted by Gasteiger charge is -2.13. The van der Waals surface area contributed by atoms with Gasteiger partial charge in [0.05, 0.1) is 0 Å². The van der Waals surface area contributed by atoms with Crippen LogP contribution in [0.3, 0.4) is 0 Å². The molecular weight excluding hydrogens is 209 g/mol. The van der Waals surface area contributed by atoms with Crippen LogP contribution in [0.2, 0.25) is 0 Å². The summed E-state index contributed by atoms with van der Waals surface area (Å²) in [4.78, 5) is 10.9. The van der Waals surface area contributed by atoms with Crippen LogP contribution < -0.4 is 5.32 Å². The van der Waals surface area contributed by atoms with E-state index in [1.165, 1.54) is 12.1 Å². The summed E-state index contributed by atoms with van der Waals surface area (Å²) in [5.74, 6) is -1.11. The number of rotatable bonds is 4. The Morgan fingerprint density at radius 2 is 2.25 bits per heavy atom. The first-order valence-electron chi connectivity index (χ1n) is 5.27. The molecular formula is C12H14FNO2. The molecule has 2 rings (SSSR count). The highest BCUT2D eigenvalue weighted by Gasteiger charge is 2.49. The van der Waals surface area contributed by atoms with E-state index >= 15 is 0 Å². The highest BCUT2D eigenvalue weighted by atomic mass is 19.1. The van der Waals surface area contributed by atoms with Crippen LogP contribution in [0.15, 0.2) is 18.2 Å². The first kappa shape index (κ1) is 11.1. The molecule has 3 nitrogen and oxygen atoms in total. The average Bonchev–Trinajstić information content (AvgIpc) is 3.00. The topological polar surface area (TPSA) is 49.3 Å². The van der Waals surface area contributed by atoms with Crippen LogP contribution in [0.4, 0.5) is 4.39 Å². The summed E-state index contributed by atoms with van der Waals surface area (Å²) in [6.07, 6.45) is 1.30. The number of carbonyl (C=O) groups is 1. The Kier molecular flexibility index (Phi) is 2.68. The maximum Gasteiger partial charge on any atom is 0.323 e. The van der Waals surface area contributed by atoms with Crippen LogP contribution in [0, 0.1) is 12.7 Å². The second kappa shape index (κ2) is 3.87. The minimum absolute atomic E-state index is 0.289. The Labute approximate surface area is 93.3 Å². The number of hydrogen-bond acceptors (Lipinski definition) is 2. The van der Waals surface area contributed by atoms with Gasteiger partial charge in [-0.2, -0.15) is 0 Å². The van der Waals surface area contributed by atoms with E-state index in [-0.39, 0.29) is 5.82 Å². The zero-order chi connectivity index (χ0) is 11.8. The first-order valence-corrected chi connectivity index (χ1v) is 5.27. The molecule has 0 spiro atoms.